The van der Waals surface area contributed by atoms with Crippen LogP contribution in [0.4, 0.5) is 5.69 Å². The molecule has 1 amide bonds. The van der Waals surface area contributed by atoms with E-state index in [1.807, 2.05) is 30.3 Å². The van der Waals surface area contributed by atoms with Crippen molar-refractivity contribution in [2.24, 2.45) is 0 Å². The predicted octanol–water partition coefficient (Wildman–Crippen LogP) is 1.48. The zero-order chi connectivity index (χ0) is 11.5. The molecule has 0 N–H and O–H groups in total. The quantitative estimate of drug-likeness (QED) is 0.705. The highest BCUT2D eigenvalue weighted by Crippen LogP contribution is 2.23. The molecule has 0 atom stereocenters. The molecule has 82 valence electrons. The molecule has 1 heterocycles. The molecule has 1 aliphatic heterocycles. The van der Waals surface area contributed by atoms with Crippen molar-refractivity contribution in [3.63, 3.8) is 0 Å². The monoisotopic (exact) mass is 217 g/mol. The summed E-state index contributed by atoms with van der Waals surface area (Å²) in [4.78, 5) is 24.4. The summed E-state index contributed by atoms with van der Waals surface area (Å²) in [6.45, 7) is 0. The molecular formula is C12H11NO3. The van der Waals surface area contributed by atoms with Gasteiger partial charge in [0, 0.05) is 11.9 Å². The predicted molar refractivity (Wildman–Crippen MR) is 58.6 cm³/mol. The number of anilines is 1. The van der Waals surface area contributed by atoms with Crippen LogP contribution in [0.1, 0.15) is 6.42 Å². The van der Waals surface area contributed by atoms with Crippen LogP contribution in [0.15, 0.2) is 42.1 Å². The minimum Gasteiger partial charge on any atom is -0.466 e. The molecule has 16 heavy (non-hydrogen) atoms. The van der Waals surface area contributed by atoms with Crippen LogP contribution < -0.4 is 4.90 Å². The Bertz CT molecular complexity index is 451. The van der Waals surface area contributed by atoms with Crippen LogP contribution in [0.2, 0.25) is 0 Å². The molecule has 0 unspecified atom stereocenters. The van der Waals surface area contributed by atoms with Crippen molar-refractivity contribution in [3.05, 3.63) is 42.1 Å². The van der Waals surface area contributed by atoms with Crippen molar-refractivity contribution in [2.75, 3.05) is 12.0 Å². The Balaban J connectivity index is 2.27. The van der Waals surface area contributed by atoms with Gasteiger partial charge in [0.25, 0.3) is 0 Å². The topological polar surface area (TPSA) is 46.6 Å². The second kappa shape index (κ2) is 4.18. The fraction of sp³-hybridized carbons (Fsp3) is 0.167. The minimum absolute atomic E-state index is 0.0988. The van der Waals surface area contributed by atoms with Gasteiger partial charge in [-0.05, 0) is 12.1 Å². The summed E-state index contributed by atoms with van der Waals surface area (Å²) in [6.07, 6.45) is 1.63. The zero-order valence-electron chi connectivity index (χ0n) is 8.84. The maximum atomic E-state index is 11.7. The van der Waals surface area contributed by atoms with Gasteiger partial charge in [-0.1, -0.05) is 18.2 Å². The summed E-state index contributed by atoms with van der Waals surface area (Å²) >= 11 is 0. The van der Waals surface area contributed by atoms with E-state index in [1.165, 1.54) is 18.2 Å². The highest BCUT2D eigenvalue weighted by Gasteiger charge is 2.27. The van der Waals surface area contributed by atoms with Gasteiger partial charge >= 0.3 is 5.97 Å². The molecule has 2 rings (SSSR count). The first kappa shape index (κ1) is 10.4. The Labute approximate surface area is 93.1 Å². The summed E-state index contributed by atoms with van der Waals surface area (Å²) in [7, 11) is 1.30. The highest BCUT2D eigenvalue weighted by molar-refractivity contribution is 6.07. The molecule has 1 aromatic carbocycles. The lowest BCUT2D eigenvalue weighted by Crippen LogP contribution is -2.19. The van der Waals surface area contributed by atoms with Gasteiger partial charge in [-0.25, -0.2) is 4.79 Å². The molecule has 0 saturated carbocycles. The number of nitrogens with zero attached hydrogens (tertiary/aromatic N) is 1. The number of esters is 1. The van der Waals surface area contributed by atoms with Gasteiger partial charge in [0.05, 0.1) is 19.1 Å². The minimum atomic E-state index is -0.452. The maximum absolute atomic E-state index is 11.7. The Kier molecular flexibility index (Phi) is 2.72. The van der Waals surface area contributed by atoms with Gasteiger partial charge in [-0.3, -0.25) is 9.69 Å². The highest BCUT2D eigenvalue weighted by atomic mass is 16.5. The third-order valence-electron chi connectivity index (χ3n) is 2.38. The first-order valence-corrected chi connectivity index (χ1v) is 4.88. The Morgan fingerprint density at radius 1 is 1.31 bits per heavy atom. The van der Waals surface area contributed by atoms with E-state index in [0.29, 0.717) is 5.57 Å². The number of methoxy groups -OCH3 is 1. The molecule has 4 heteroatoms. The number of carbonyl (C=O) groups is 2. The van der Waals surface area contributed by atoms with E-state index in [9.17, 15) is 9.59 Å². The van der Waals surface area contributed by atoms with Crippen molar-refractivity contribution in [1.29, 1.82) is 0 Å². The molecule has 4 nitrogen and oxygen atoms in total. The number of benzene rings is 1. The second-order valence-corrected chi connectivity index (χ2v) is 3.42. The van der Waals surface area contributed by atoms with Gasteiger partial charge in [-0.15, -0.1) is 0 Å². The van der Waals surface area contributed by atoms with E-state index < -0.39 is 5.97 Å². The molecule has 1 aromatic rings. The van der Waals surface area contributed by atoms with Crippen molar-refractivity contribution in [3.8, 4) is 0 Å². The average molecular weight is 217 g/mol. The number of ether oxygens (including phenoxy) is 1. The molecule has 0 aliphatic carbocycles. The van der Waals surface area contributed by atoms with Crippen molar-refractivity contribution in [1.82, 2.24) is 0 Å². The standard InChI is InChI=1S/C12H11NO3/c1-16-12(15)9-7-11(14)13(8-9)10-5-3-2-4-6-10/h2-6,8H,7H2,1H3. The molecule has 0 radical (unpaired) electrons. The third kappa shape index (κ3) is 1.82. The summed E-state index contributed by atoms with van der Waals surface area (Å²) in [5, 5.41) is 0. The van der Waals surface area contributed by atoms with Gasteiger partial charge in [-0.2, -0.15) is 0 Å². The maximum Gasteiger partial charge on any atom is 0.335 e. The zero-order valence-corrected chi connectivity index (χ0v) is 8.84. The number of rotatable bonds is 2. The molecule has 0 aromatic heterocycles. The van der Waals surface area contributed by atoms with Crippen LogP contribution in [-0.2, 0) is 14.3 Å². The molecule has 1 aliphatic rings. The lowest BCUT2D eigenvalue weighted by atomic mass is 10.2. The fourth-order valence-corrected chi connectivity index (χ4v) is 1.58. The molecule has 0 bridgehead atoms. The van der Waals surface area contributed by atoms with Crippen LogP contribution in [0.5, 0.6) is 0 Å². The molecule has 0 fully saturated rings. The van der Waals surface area contributed by atoms with E-state index in [1.54, 1.807) is 0 Å². The van der Waals surface area contributed by atoms with Crippen molar-refractivity contribution < 1.29 is 14.3 Å². The number of carbonyl (C=O) groups excluding carboxylic acids is 2. The number of hydrogen-bond donors (Lipinski definition) is 0. The Hall–Kier alpha value is -2.10. The summed E-state index contributed by atoms with van der Waals surface area (Å²) in [6, 6.07) is 9.18. The van der Waals surface area contributed by atoms with Gasteiger partial charge in [0.2, 0.25) is 5.91 Å². The number of para-hydroxylation sites is 1. The van der Waals surface area contributed by atoms with E-state index in [4.69, 9.17) is 0 Å². The molecular weight excluding hydrogens is 206 g/mol. The normalized spacial score (nSPS) is 14.9. The van der Waals surface area contributed by atoms with Crippen molar-refractivity contribution >= 4 is 17.6 Å². The van der Waals surface area contributed by atoms with Gasteiger partial charge in [0.15, 0.2) is 0 Å². The fourth-order valence-electron chi connectivity index (χ4n) is 1.58. The first-order valence-electron chi connectivity index (χ1n) is 4.88. The largest absolute Gasteiger partial charge is 0.466 e. The summed E-state index contributed by atoms with van der Waals surface area (Å²) in [5.74, 6) is -0.571. The van der Waals surface area contributed by atoms with Gasteiger partial charge in [0.1, 0.15) is 0 Å². The number of hydrogen-bond acceptors (Lipinski definition) is 3. The smallest absolute Gasteiger partial charge is 0.335 e. The van der Waals surface area contributed by atoms with Crippen LogP contribution >= 0.6 is 0 Å². The Morgan fingerprint density at radius 3 is 2.62 bits per heavy atom. The van der Waals surface area contributed by atoms with Crippen LogP contribution in [0, 0.1) is 0 Å². The second-order valence-electron chi connectivity index (χ2n) is 3.42. The average Bonchev–Trinajstić information content (AvgIpc) is 2.71. The van der Waals surface area contributed by atoms with E-state index >= 15 is 0 Å². The Morgan fingerprint density at radius 2 is 2.00 bits per heavy atom. The molecule has 0 saturated heterocycles. The van der Waals surface area contributed by atoms with E-state index in [0.717, 1.165) is 5.69 Å². The van der Waals surface area contributed by atoms with Crippen molar-refractivity contribution in [2.45, 2.75) is 6.42 Å². The summed E-state index contributed by atoms with van der Waals surface area (Å²) in [5.41, 5.74) is 1.14. The van der Waals surface area contributed by atoms with Crippen LogP contribution in [0.3, 0.4) is 0 Å². The van der Waals surface area contributed by atoms with Crippen LogP contribution in [-0.4, -0.2) is 19.0 Å². The lowest BCUT2D eigenvalue weighted by Gasteiger charge is -2.12. The van der Waals surface area contributed by atoms with Crippen LogP contribution in [0.25, 0.3) is 0 Å². The van der Waals surface area contributed by atoms with E-state index in [-0.39, 0.29) is 12.3 Å². The lowest BCUT2D eigenvalue weighted by molar-refractivity contribution is -0.136. The third-order valence-corrected chi connectivity index (χ3v) is 2.38. The van der Waals surface area contributed by atoms with Gasteiger partial charge < -0.3 is 4.74 Å². The summed E-state index contributed by atoms with van der Waals surface area (Å²) < 4.78 is 4.58. The SMILES string of the molecule is COC(=O)C1=CN(c2ccccc2)C(=O)C1. The van der Waals surface area contributed by atoms with E-state index in [2.05, 4.69) is 4.74 Å². The first-order chi connectivity index (χ1) is 7.72. The number of amides is 1. The molecule has 0 spiro atoms.